The Hall–Kier alpha value is -3.56. The quantitative estimate of drug-likeness (QED) is 0.599. The van der Waals surface area contributed by atoms with E-state index >= 15 is 0 Å². The molecule has 0 aromatic carbocycles. The number of hydrogen-bond acceptors (Lipinski definition) is 6. The van der Waals surface area contributed by atoms with Crippen LogP contribution >= 0.6 is 0 Å². The van der Waals surface area contributed by atoms with Gasteiger partial charge in [0.2, 0.25) is 5.91 Å². The number of carbonyl (C=O) groups is 1. The first-order valence-corrected chi connectivity index (χ1v) is 9.03. The van der Waals surface area contributed by atoms with Crippen molar-refractivity contribution in [3.8, 4) is 5.82 Å². The molecule has 1 N–H and O–H groups in total. The maximum atomic E-state index is 12.2. The normalized spacial score (nSPS) is 13.4. The topological polar surface area (TPSA) is 117 Å². The van der Waals surface area contributed by atoms with Gasteiger partial charge in [0.05, 0.1) is 12.2 Å². The lowest BCUT2D eigenvalue weighted by molar-refractivity contribution is -0.121. The maximum absolute atomic E-state index is 12.2. The molecular weight excluding hydrogens is 362 g/mol. The first kappa shape index (κ1) is 17.8. The van der Waals surface area contributed by atoms with E-state index in [1.165, 1.54) is 21.5 Å². The second-order valence-corrected chi connectivity index (χ2v) is 6.58. The van der Waals surface area contributed by atoms with Gasteiger partial charge < -0.3 is 5.32 Å². The Balaban J connectivity index is 1.36. The summed E-state index contributed by atoms with van der Waals surface area (Å²) in [5.74, 6) is 0.553. The minimum Gasteiger partial charge on any atom is -0.353 e. The van der Waals surface area contributed by atoms with Gasteiger partial charge >= 0.3 is 0 Å². The summed E-state index contributed by atoms with van der Waals surface area (Å²) in [6.45, 7) is 0.241. The average molecular weight is 381 g/mol. The fourth-order valence-electron chi connectivity index (χ4n) is 2.79. The number of carbonyl (C=O) groups excluding carboxylic acids is 1. The van der Waals surface area contributed by atoms with Crippen LogP contribution in [0.25, 0.3) is 5.82 Å². The zero-order chi connectivity index (χ0) is 19.5. The summed E-state index contributed by atoms with van der Waals surface area (Å²) in [5, 5.41) is 15.3. The number of amides is 1. The smallest absolute Gasteiger partial charge is 0.267 e. The number of aromatic nitrogens is 6. The van der Waals surface area contributed by atoms with Gasteiger partial charge in [-0.3, -0.25) is 14.4 Å². The van der Waals surface area contributed by atoms with Gasteiger partial charge in [0.15, 0.2) is 5.82 Å². The van der Waals surface area contributed by atoms with Gasteiger partial charge in [-0.15, -0.1) is 5.10 Å². The maximum Gasteiger partial charge on any atom is 0.267 e. The number of nitrogens with one attached hydrogen (secondary N) is 1. The Kier molecular flexibility index (Phi) is 4.83. The molecule has 1 fully saturated rings. The second kappa shape index (κ2) is 7.59. The molecule has 1 amide bonds. The minimum atomic E-state index is -0.348. The molecule has 0 spiro atoms. The lowest BCUT2D eigenvalue weighted by Crippen LogP contribution is -2.36. The predicted octanol–water partition coefficient (Wildman–Crippen LogP) is -0.320. The molecule has 0 radical (unpaired) electrons. The summed E-state index contributed by atoms with van der Waals surface area (Å²) in [5.41, 5.74) is 0.253. The molecule has 4 rings (SSSR count). The van der Waals surface area contributed by atoms with E-state index in [2.05, 4.69) is 20.6 Å². The summed E-state index contributed by atoms with van der Waals surface area (Å²) in [7, 11) is 0. The molecule has 1 aliphatic rings. The molecule has 0 bridgehead atoms. The predicted molar refractivity (Wildman–Crippen MR) is 99.1 cm³/mol. The number of nitrogens with zero attached hydrogens (tertiary/aromatic N) is 6. The van der Waals surface area contributed by atoms with Crippen LogP contribution in [0.5, 0.6) is 0 Å². The molecule has 0 atom stereocenters. The molecule has 10 heteroatoms. The highest BCUT2D eigenvalue weighted by molar-refractivity contribution is 5.75. The van der Waals surface area contributed by atoms with Crippen molar-refractivity contribution in [2.75, 3.05) is 6.54 Å². The van der Waals surface area contributed by atoms with Gasteiger partial charge in [-0.25, -0.2) is 14.0 Å². The van der Waals surface area contributed by atoms with Gasteiger partial charge in [0, 0.05) is 37.0 Å². The van der Waals surface area contributed by atoms with Gasteiger partial charge in [-0.2, -0.15) is 10.2 Å². The molecule has 3 aromatic rings. The van der Waals surface area contributed by atoms with Gasteiger partial charge in [-0.05, 0) is 31.0 Å². The molecule has 10 nitrogen and oxygen atoms in total. The molecule has 0 unspecified atom stereocenters. The Morgan fingerprint density at radius 2 is 1.86 bits per heavy atom. The average Bonchev–Trinajstić information content (AvgIpc) is 3.39. The Morgan fingerprint density at radius 3 is 2.61 bits per heavy atom. The summed E-state index contributed by atoms with van der Waals surface area (Å²) < 4.78 is 3.97. The Morgan fingerprint density at radius 1 is 1.07 bits per heavy atom. The highest BCUT2D eigenvalue weighted by atomic mass is 16.2. The lowest BCUT2D eigenvalue weighted by Gasteiger charge is -2.09. The van der Waals surface area contributed by atoms with Crippen LogP contribution in [0.1, 0.15) is 24.5 Å². The molecule has 1 aliphatic carbocycles. The van der Waals surface area contributed by atoms with Gasteiger partial charge in [0.25, 0.3) is 11.1 Å². The van der Waals surface area contributed by atoms with Crippen LogP contribution in [0.2, 0.25) is 0 Å². The molecule has 0 aliphatic heterocycles. The van der Waals surface area contributed by atoms with Crippen molar-refractivity contribution in [2.24, 2.45) is 0 Å². The third kappa shape index (κ3) is 4.05. The third-order valence-electron chi connectivity index (χ3n) is 4.41. The van der Waals surface area contributed by atoms with E-state index in [-0.39, 0.29) is 36.7 Å². The van der Waals surface area contributed by atoms with Crippen molar-refractivity contribution in [2.45, 2.75) is 31.8 Å². The van der Waals surface area contributed by atoms with E-state index in [0.717, 1.165) is 18.5 Å². The van der Waals surface area contributed by atoms with E-state index in [0.29, 0.717) is 11.7 Å². The van der Waals surface area contributed by atoms with E-state index in [4.69, 9.17) is 0 Å². The van der Waals surface area contributed by atoms with Crippen molar-refractivity contribution in [3.05, 3.63) is 69.1 Å². The summed E-state index contributed by atoms with van der Waals surface area (Å²) in [6, 6.07) is 7.90. The molecule has 144 valence electrons. The standard InChI is InChI=1S/C18H19N7O3/c26-16(12-25-18(28)6-4-14(21-25)13-2-3-13)19-9-11-24-17(27)7-5-15(22-24)23-10-1-8-20-23/h1,4-8,10,13H,2-3,9,11-12H2,(H,19,26). The number of hydrogen-bond donors (Lipinski definition) is 1. The molecule has 3 aromatic heterocycles. The second-order valence-electron chi connectivity index (χ2n) is 6.58. The van der Waals surface area contributed by atoms with Crippen molar-refractivity contribution in [3.63, 3.8) is 0 Å². The summed E-state index contributed by atoms with van der Waals surface area (Å²) >= 11 is 0. The largest absolute Gasteiger partial charge is 0.353 e. The number of rotatable bonds is 7. The van der Waals surface area contributed by atoms with Crippen LogP contribution in [0.4, 0.5) is 0 Å². The first-order chi connectivity index (χ1) is 13.6. The monoisotopic (exact) mass is 381 g/mol. The van der Waals surface area contributed by atoms with Crippen molar-refractivity contribution >= 4 is 5.91 Å². The van der Waals surface area contributed by atoms with Crippen molar-refractivity contribution in [1.29, 1.82) is 0 Å². The van der Waals surface area contributed by atoms with Crippen LogP contribution in [0.3, 0.4) is 0 Å². The SMILES string of the molecule is O=C(Cn1nc(C2CC2)ccc1=O)NCCn1nc(-n2cccn2)ccc1=O. The highest BCUT2D eigenvalue weighted by Gasteiger charge is 2.25. The van der Waals surface area contributed by atoms with Gasteiger partial charge in [-0.1, -0.05) is 0 Å². The minimum absolute atomic E-state index is 0.158. The molecule has 0 saturated heterocycles. The molecule has 1 saturated carbocycles. The molecule has 28 heavy (non-hydrogen) atoms. The van der Waals surface area contributed by atoms with E-state index in [9.17, 15) is 14.4 Å². The zero-order valence-electron chi connectivity index (χ0n) is 15.1. The van der Waals surface area contributed by atoms with Gasteiger partial charge in [0.1, 0.15) is 6.54 Å². The molecule has 3 heterocycles. The fourth-order valence-corrected chi connectivity index (χ4v) is 2.79. The Bertz CT molecular complexity index is 1100. The summed E-state index contributed by atoms with van der Waals surface area (Å²) in [6.07, 6.45) is 5.47. The van der Waals surface area contributed by atoms with Crippen LogP contribution in [-0.4, -0.2) is 41.8 Å². The first-order valence-electron chi connectivity index (χ1n) is 9.03. The van der Waals surface area contributed by atoms with Crippen LogP contribution in [0.15, 0.2) is 52.3 Å². The summed E-state index contributed by atoms with van der Waals surface area (Å²) in [4.78, 5) is 36.0. The zero-order valence-corrected chi connectivity index (χ0v) is 15.1. The lowest BCUT2D eigenvalue weighted by atomic mass is 10.3. The van der Waals surface area contributed by atoms with Crippen LogP contribution in [0, 0.1) is 0 Å². The highest BCUT2D eigenvalue weighted by Crippen LogP contribution is 2.38. The third-order valence-corrected chi connectivity index (χ3v) is 4.41. The molecular formula is C18H19N7O3. The van der Waals surface area contributed by atoms with Crippen LogP contribution in [-0.2, 0) is 17.9 Å². The van der Waals surface area contributed by atoms with Crippen molar-refractivity contribution < 1.29 is 4.79 Å². The van der Waals surface area contributed by atoms with Crippen molar-refractivity contribution in [1.82, 2.24) is 34.7 Å². The fraction of sp³-hybridized carbons (Fsp3) is 0.333. The van der Waals surface area contributed by atoms with E-state index in [1.54, 1.807) is 35.3 Å². The van der Waals surface area contributed by atoms with Crippen LogP contribution < -0.4 is 16.4 Å². The van der Waals surface area contributed by atoms with E-state index in [1.807, 2.05) is 0 Å². The Labute approximate surface area is 159 Å². The van der Waals surface area contributed by atoms with E-state index < -0.39 is 0 Å².